The normalized spacial score (nSPS) is 11.9. The van der Waals surface area contributed by atoms with Gasteiger partial charge in [0.15, 0.2) is 5.78 Å². The largest absolute Gasteiger partial charge is 0.390 e. The average Bonchev–Trinajstić information content (AvgIpc) is 2.14. The fraction of sp³-hybridized carbons (Fsp3) is 0.308. The summed E-state index contributed by atoms with van der Waals surface area (Å²) in [5.41, 5.74) is 0.0552. The van der Waals surface area contributed by atoms with E-state index in [1.807, 2.05) is 30.3 Å². The van der Waals surface area contributed by atoms with Crippen LogP contribution in [-0.2, 0) is 4.79 Å². The molecule has 0 unspecified atom stereocenters. The number of hydrogen-bond acceptors (Lipinski definition) is 2. The molecule has 2 nitrogen and oxygen atoms in total. The first-order chi connectivity index (χ1) is 6.97. The first-order valence-electron chi connectivity index (χ1n) is 4.96. The smallest absolute Gasteiger partial charge is 0.158 e. The maximum atomic E-state index is 11.4. The van der Waals surface area contributed by atoms with E-state index in [0.29, 0.717) is 0 Å². The van der Waals surface area contributed by atoms with E-state index in [0.717, 1.165) is 5.56 Å². The van der Waals surface area contributed by atoms with Gasteiger partial charge in [-0.2, -0.15) is 0 Å². The molecule has 15 heavy (non-hydrogen) atoms. The van der Waals surface area contributed by atoms with Gasteiger partial charge < -0.3 is 5.11 Å². The second-order valence-electron chi connectivity index (χ2n) is 4.20. The van der Waals surface area contributed by atoms with Crippen molar-refractivity contribution in [2.45, 2.75) is 25.9 Å². The minimum atomic E-state index is -0.932. The average molecular weight is 204 g/mol. The fourth-order valence-corrected chi connectivity index (χ4v) is 1.24. The zero-order valence-corrected chi connectivity index (χ0v) is 9.10. The van der Waals surface area contributed by atoms with Crippen LogP contribution in [0.2, 0.25) is 0 Å². The Balaban J connectivity index is 2.56. The highest BCUT2D eigenvalue weighted by Crippen LogP contribution is 2.09. The molecule has 1 aromatic rings. The van der Waals surface area contributed by atoms with Crippen molar-refractivity contribution in [3.8, 4) is 0 Å². The Labute approximate surface area is 90.3 Å². The van der Waals surface area contributed by atoms with Gasteiger partial charge in [-0.3, -0.25) is 4.79 Å². The minimum Gasteiger partial charge on any atom is -0.390 e. The first-order valence-corrected chi connectivity index (χ1v) is 4.96. The summed E-state index contributed by atoms with van der Waals surface area (Å²) in [5.74, 6) is -0.0636. The van der Waals surface area contributed by atoms with Gasteiger partial charge in [-0.25, -0.2) is 0 Å². The minimum absolute atomic E-state index is 0.0636. The Morgan fingerprint density at radius 2 is 1.93 bits per heavy atom. The Morgan fingerprint density at radius 3 is 2.47 bits per heavy atom. The predicted octanol–water partition coefficient (Wildman–Crippen LogP) is 2.43. The standard InChI is InChI=1S/C13H16O2/c1-13(2,15)10-12(14)9-8-11-6-4-3-5-7-11/h3-9,15H,10H2,1-2H3. The summed E-state index contributed by atoms with van der Waals surface area (Å²) >= 11 is 0. The maximum Gasteiger partial charge on any atom is 0.158 e. The van der Waals surface area contributed by atoms with Gasteiger partial charge in [0.1, 0.15) is 0 Å². The van der Waals surface area contributed by atoms with Crippen LogP contribution in [0.1, 0.15) is 25.8 Å². The van der Waals surface area contributed by atoms with Crippen LogP contribution in [-0.4, -0.2) is 16.5 Å². The van der Waals surface area contributed by atoms with Gasteiger partial charge >= 0.3 is 0 Å². The molecular weight excluding hydrogens is 188 g/mol. The van der Waals surface area contributed by atoms with Crippen molar-refractivity contribution >= 4 is 11.9 Å². The van der Waals surface area contributed by atoms with Crippen molar-refractivity contribution in [2.24, 2.45) is 0 Å². The molecule has 2 heteroatoms. The zero-order valence-electron chi connectivity index (χ0n) is 9.10. The van der Waals surface area contributed by atoms with E-state index in [1.54, 1.807) is 19.9 Å². The van der Waals surface area contributed by atoms with E-state index < -0.39 is 5.60 Å². The highest BCUT2D eigenvalue weighted by atomic mass is 16.3. The van der Waals surface area contributed by atoms with E-state index in [2.05, 4.69) is 0 Å². The SMILES string of the molecule is CC(C)(O)CC(=O)C=Cc1ccccc1. The third kappa shape index (κ3) is 5.13. The zero-order chi connectivity index (χ0) is 11.3. The third-order valence-electron chi connectivity index (χ3n) is 1.87. The van der Waals surface area contributed by atoms with Crippen molar-refractivity contribution in [2.75, 3.05) is 0 Å². The molecule has 80 valence electrons. The van der Waals surface area contributed by atoms with Crippen LogP contribution in [0.4, 0.5) is 0 Å². The molecule has 0 saturated heterocycles. The molecule has 0 aliphatic heterocycles. The van der Waals surface area contributed by atoms with Crippen molar-refractivity contribution in [3.05, 3.63) is 42.0 Å². The molecule has 1 aromatic carbocycles. The summed E-state index contributed by atoms with van der Waals surface area (Å²) in [7, 11) is 0. The Hall–Kier alpha value is -1.41. The number of aliphatic hydroxyl groups is 1. The van der Waals surface area contributed by atoms with E-state index in [1.165, 1.54) is 6.08 Å². The third-order valence-corrected chi connectivity index (χ3v) is 1.87. The van der Waals surface area contributed by atoms with Gasteiger partial charge in [0.05, 0.1) is 5.60 Å². The summed E-state index contributed by atoms with van der Waals surface area (Å²) in [6, 6.07) is 9.61. The van der Waals surface area contributed by atoms with Crippen LogP contribution in [0.25, 0.3) is 6.08 Å². The summed E-state index contributed by atoms with van der Waals surface area (Å²) in [6.07, 6.45) is 3.41. The van der Waals surface area contributed by atoms with Crippen molar-refractivity contribution < 1.29 is 9.90 Å². The van der Waals surface area contributed by atoms with Crippen molar-refractivity contribution in [1.82, 2.24) is 0 Å². The topological polar surface area (TPSA) is 37.3 Å². The molecule has 0 aliphatic rings. The molecule has 0 fully saturated rings. The lowest BCUT2D eigenvalue weighted by molar-refractivity contribution is -0.118. The number of carbonyl (C=O) groups excluding carboxylic acids is 1. The van der Waals surface area contributed by atoms with E-state index in [-0.39, 0.29) is 12.2 Å². The number of allylic oxidation sites excluding steroid dienone is 1. The number of benzene rings is 1. The van der Waals surface area contributed by atoms with Gasteiger partial charge in [-0.15, -0.1) is 0 Å². The molecule has 0 atom stereocenters. The van der Waals surface area contributed by atoms with Gasteiger partial charge in [0, 0.05) is 6.42 Å². The molecule has 1 N–H and O–H groups in total. The van der Waals surface area contributed by atoms with Crippen LogP contribution in [0.15, 0.2) is 36.4 Å². The van der Waals surface area contributed by atoms with Gasteiger partial charge in [-0.05, 0) is 25.5 Å². The molecule has 0 amide bonds. The van der Waals surface area contributed by atoms with Crippen molar-refractivity contribution in [3.63, 3.8) is 0 Å². The van der Waals surface area contributed by atoms with E-state index in [4.69, 9.17) is 0 Å². The molecule has 0 spiro atoms. The molecule has 0 radical (unpaired) electrons. The molecule has 0 aliphatic carbocycles. The number of carbonyl (C=O) groups is 1. The Morgan fingerprint density at radius 1 is 1.33 bits per heavy atom. The van der Waals surface area contributed by atoms with Crippen LogP contribution in [0, 0.1) is 0 Å². The second kappa shape index (κ2) is 4.89. The van der Waals surface area contributed by atoms with Crippen LogP contribution in [0.5, 0.6) is 0 Å². The molecule has 0 aromatic heterocycles. The highest BCUT2D eigenvalue weighted by molar-refractivity contribution is 5.94. The molecule has 0 bridgehead atoms. The molecule has 0 saturated carbocycles. The summed E-state index contributed by atoms with van der Waals surface area (Å²) in [5, 5.41) is 9.43. The van der Waals surface area contributed by atoms with Gasteiger partial charge in [0.25, 0.3) is 0 Å². The second-order valence-corrected chi connectivity index (χ2v) is 4.20. The quantitative estimate of drug-likeness (QED) is 0.765. The monoisotopic (exact) mass is 204 g/mol. The summed E-state index contributed by atoms with van der Waals surface area (Å²) < 4.78 is 0. The molecular formula is C13H16O2. The molecule has 1 rings (SSSR count). The molecule has 0 heterocycles. The van der Waals surface area contributed by atoms with Crippen LogP contribution < -0.4 is 0 Å². The van der Waals surface area contributed by atoms with Crippen LogP contribution in [0.3, 0.4) is 0 Å². The van der Waals surface area contributed by atoms with Crippen molar-refractivity contribution in [1.29, 1.82) is 0 Å². The van der Waals surface area contributed by atoms with E-state index in [9.17, 15) is 9.90 Å². The Bertz CT molecular complexity index is 345. The number of rotatable bonds is 4. The Kier molecular flexibility index (Phi) is 3.81. The number of hydrogen-bond donors (Lipinski definition) is 1. The first kappa shape index (κ1) is 11.7. The van der Waals surface area contributed by atoms with E-state index >= 15 is 0 Å². The van der Waals surface area contributed by atoms with Crippen LogP contribution >= 0.6 is 0 Å². The lowest BCUT2D eigenvalue weighted by Crippen LogP contribution is -2.22. The highest BCUT2D eigenvalue weighted by Gasteiger charge is 2.15. The number of ketones is 1. The lowest BCUT2D eigenvalue weighted by Gasteiger charge is -2.13. The lowest BCUT2D eigenvalue weighted by atomic mass is 10.0. The predicted molar refractivity (Wildman–Crippen MR) is 61.4 cm³/mol. The summed E-state index contributed by atoms with van der Waals surface area (Å²) in [6.45, 7) is 3.25. The van der Waals surface area contributed by atoms with Gasteiger partial charge in [-0.1, -0.05) is 36.4 Å². The summed E-state index contributed by atoms with van der Waals surface area (Å²) in [4.78, 5) is 11.4. The van der Waals surface area contributed by atoms with Gasteiger partial charge in [0.2, 0.25) is 0 Å². The maximum absolute atomic E-state index is 11.4. The fourth-order valence-electron chi connectivity index (χ4n) is 1.24.